The molecule has 1 aromatic heterocycles. The Morgan fingerprint density at radius 2 is 2.25 bits per heavy atom. The molecule has 1 aromatic carbocycles. The van der Waals surface area contributed by atoms with Gasteiger partial charge >= 0.3 is 0 Å². The number of hydrogen-bond donors (Lipinski definition) is 1. The molecule has 0 fully saturated rings. The van der Waals surface area contributed by atoms with Crippen LogP contribution in [0.25, 0.3) is 0 Å². The molecule has 1 heterocycles. The maximum absolute atomic E-state index is 11.1. The van der Waals surface area contributed by atoms with Gasteiger partial charge in [-0.15, -0.1) is 10.2 Å². The number of anilines is 1. The van der Waals surface area contributed by atoms with Crippen LogP contribution in [-0.4, -0.2) is 21.7 Å². The van der Waals surface area contributed by atoms with Crippen molar-refractivity contribution in [3.8, 4) is 0 Å². The molecule has 0 aliphatic heterocycles. The van der Waals surface area contributed by atoms with Gasteiger partial charge in [0, 0.05) is 18.4 Å². The number of benzene rings is 1. The number of rotatable bonds is 6. The number of nitro benzene ring substituents is 1. The minimum Gasteiger partial charge on any atom is -0.380 e. The molecule has 0 bridgehead atoms. The molecular formula is C12H14N4O2S2. The van der Waals surface area contributed by atoms with Crippen LogP contribution >= 0.6 is 23.1 Å². The number of aromatic nitrogens is 2. The van der Waals surface area contributed by atoms with Crippen molar-refractivity contribution >= 4 is 34.5 Å². The van der Waals surface area contributed by atoms with E-state index in [-0.39, 0.29) is 10.6 Å². The zero-order valence-corrected chi connectivity index (χ0v) is 12.8. The molecule has 2 aromatic rings. The van der Waals surface area contributed by atoms with E-state index < -0.39 is 0 Å². The van der Waals surface area contributed by atoms with E-state index in [1.165, 1.54) is 23.1 Å². The average Bonchev–Trinajstić information content (AvgIpc) is 2.83. The van der Waals surface area contributed by atoms with Gasteiger partial charge in [0.2, 0.25) is 0 Å². The largest absolute Gasteiger partial charge is 0.380 e. The molecule has 0 aliphatic carbocycles. The van der Waals surface area contributed by atoms with E-state index in [2.05, 4.69) is 15.5 Å². The van der Waals surface area contributed by atoms with Gasteiger partial charge in [-0.2, -0.15) is 0 Å². The minimum atomic E-state index is -0.360. The molecule has 0 unspecified atom stereocenters. The number of nitrogens with one attached hydrogen (secondary N) is 1. The Bertz CT molecular complexity index is 615. The number of hydrogen-bond acceptors (Lipinski definition) is 7. The molecule has 0 saturated carbocycles. The lowest BCUT2D eigenvalue weighted by Crippen LogP contribution is -2.01. The van der Waals surface area contributed by atoms with Crippen molar-refractivity contribution in [2.75, 3.05) is 11.9 Å². The summed E-state index contributed by atoms with van der Waals surface area (Å²) in [6.07, 6.45) is 0. The third-order valence-electron chi connectivity index (χ3n) is 2.50. The fourth-order valence-electron chi connectivity index (χ4n) is 1.64. The van der Waals surface area contributed by atoms with Gasteiger partial charge in [-0.25, -0.2) is 0 Å². The second-order valence-electron chi connectivity index (χ2n) is 4.01. The molecular weight excluding hydrogens is 296 g/mol. The van der Waals surface area contributed by atoms with Crippen molar-refractivity contribution in [3.05, 3.63) is 38.9 Å². The van der Waals surface area contributed by atoms with Gasteiger partial charge in [-0.05, 0) is 25.5 Å². The highest BCUT2D eigenvalue weighted by Crippen LogP contribution is 2.30. The normalized spacial score (nSPS) is 10.5. The van der Waals surface area contributed by atoms with Crippen molar-refractivity contribution in [2.24, 2.45) is 0 Å². The summed E-state index contributed by atoms with van der Waals surface area (Å²) in [5, 5.41) is 22.9. The van der Waals surface area contributed by atoms with Crippen molar-refractivity contribution in [2.45, 2.75) is 23.9 Å². The maximum Gasteiger partial charge on any atom is 0.292 e. The summed E-state index contributed by atoms with van der Waals surface area (Å²) in [7, 11) is 0. The smallest absolute Gasteiger partial charge is 0.292 e. The highest BCUT2D eigenvalue weighted by Gasteiger charge is 2.14. The van der Waals surface area contributed by atoms with Gasteiger partial charge in [0.15, 0.2) is 4.34 Å². The highest BCUT2D eigenvalue weighted by atomic mass is 32.2. The first-order valence-corrected chi connectivity index (χ1v) is 7.84. The van der Waals surface area contributed by atoms with Crippen LogP contribution in [0.15, 0.2) is 22.5 Å². The Hall–Kier alpha value is -1.67. The fourth-order valence-corrected chi connectivity index (χ4v) is 3.40. The molecule has 106 valence electrons. The quantitative estimate of drug-likeness (QED) is 0.500. The first-order chi connectivity index (χ1) is 9.60. The summed E-state index contributed by atoms with van der Waals surface area (Å²) in [6, 6.07) is 5.26. The van der Waals surface area contributed by atoms with Gasteiger partial charge in [-0.3, -0.25) is 10.1 Å². The lowest BCUT2D eigenvalue weighted by Gasteiger charge is -2.06. The van der Waals surface area contributed by atoms with Crippen LogP contribution in [0.4, 0.5) is 11.4 Å². The molecule has 0 amide bonds. The zero-order valence-electron chi connectivity index (χ0n) is 11.1. The minimum absolute atomic E-state index is 0.110. The summed E-state index contributed by atoms with van der Waals surface area (Å²) >= 11 is 3.06. The van der Waals surface area contributed by atoms with E-state index >= 15 is 0 Å². The predicted molar refractivity (Wildman–Crippen MR) is 81.5 cm³/mol. The van der Waals surface area contributed by atoms with Gasteiger partial charge in [0.25, 0.3) is 5.69 Å². The van der Waals surface area contributed by atoms with Crippen LogP contribution in [0, 0.1) is 17.0 Å². The molecule has 0 spiro atoms. The first-order valence-electron chi connectivity index (χ1n) is 6.04. The SMILES string of the molecule is CCNc1ccc(CSc2nnc(C)s2)cc1[N+](=O)[O-]. The summed E-state index contributed by atoms with van der Waals surface area (Å²) in [5.74, 6) is 0.641. The molecule has 6 nitrogen and oxygen atoms in total. The highest BCUT2D eigenvalue weighted by molar-refractivity contribution is 8.00. The first kappa shape index (κ1) is 14.7. The predicted octanol–water partition coefficient (Wildman–Crippen LogP) is 3.48. The number of nitro groups is 1. The number of aryl methyl sites for hydroxylation is 1. The summed E-state index contributed by atoms with van der Waals surface area (Å²) in [4.78, 5) is 10.7. The van der Waals surface area contributed by atoms with Crippen LogP contribution in [0.2, 0.25) is 0 Å². The Morgan fingerprint density at radius 1 is 1.45 bits per heavy atom. The average molecular weight is 310 g/mol. The molecule has 0 aliphatic rings. The van der Waals surface area contributed by atoms with E-state index in [1.54, 1.807) is 12.1 Å². The Labute approximate surface area is 124 Å². The second-order valence-corrected chi connectivity index (χ2v) is 6.42. The van der Waals surface area contributed by atoms with E-state index in [4.69, 9.17) is 0 Å². The maximum atomic E-state index is 11.1. The molecule has 2 rings (SSSR count). The second kappa shape index (κ2) is 6.67. The van der Waals surface area contributed by atoms with Gasteiger partial charge in [-0.1, -0.05) is 29.2 Å². The van der Waals surface area contributed by atoms with E-state index in [0.29, 0.717) is 18.0 Å². The fraction of sp³-hybridized carbons (Fsp3) is 0.333. The van der Waals surface area contributed by atoms with Crippen LogP contribution < -0.4 is 5.32 Å². The standard InChI is InChI=1S/C12H14N4O2S2/c1-3-13-10-5-4-9(6-11(10)16(17)18)7-19-12-15-14-8(2)20-12/h4-6,13H,3,7H2,1-2H3. The van der Waals surface area contributed by atoms with Crippen molar-refractivity contribution < 1.29 is 4.92 Å². The van der Waals surface area contributed by atoms with Crippen LogP contribution in [0.1, 0.15) is 17.5 Å². The van der Waals surface area contributed by atoms with Crippen LogP contribution in [0.5, 0.6) is 0 Å². The van der Waals surface area contributed by atoms with Crippen molar-refractivity contribution in [1.82, 2.24) is 10.2 Å². The van der Waals surface area contributed by atoms with Crippen molar-refractivity contribution in [1.29, 1.82) is 0 Å². The molecule has 0 radical (unpaired) electrons. The van der Waals surface area contributed by atoms with E-state index in [1.807, 2.05) is 19.9 Å². The molecule has 0 saturated heterocycles. The molecule has 0 atom stereocenters. The molecule has 20 heavy (non-hydrogen) atoms. The number of thioether (sulfide) groups is 1. The summed E-state index contributed by atoms with van der Waals surface area (Å²) in [6.45, 7) is 4.46. The monoisotopic (exact) mass is 310 g/mol. The van der Waals surface area contributed by atoms with E-state index in [0.717, 1.165) is 14.9 Å². The topological polar surface area (TPSA) is 81.0 Å². The summed E-state index contributed by atoms with van der Waals surface area (Å²) < 4.78 is 0.876. The van der Waals surface area contributed by atoms with Gasteiger partial charge in [0.05, 0.1) is 4.92 Å². The number of nitrogens with zero attached hydrogens (tertiary/aromatic N) is 3. The lowest BCUT2D eigenvalue weighted by molar-refractivity contribution is -0.384. The zero-order chi connectivity index (χ0) is 14.5. The van der Waals surface area contributed by atoms with Crippen molar-refractivity contribution in [3.63, 3.8) is 0 Å². The molecule has 8 heteroatoms. The summed E-state index contributed by atoms with van der Waals surface area (Å²) in [5.41, 5.74) is 1.56. The lowest BCUT2D eigenvalue weighted by atomic mass is 10.2. The van der Waals surface area contributed by atoms with Gasteiger partial charge in [0.1, 0.15) is 10.7 Å². The van der Waals surface area contributed by atoms with E-state index in [9.17, 15) is 10.1 Å². The van der Waals surface area contributed by atoms with Gasteiger partial charge < -0.3 is 5.32 Å². The molecule has 1 N–H and O–H groups in total. The third-order valence-corrected chi connectivity index (χ3v) is 4.54. The third kappa shape index (κ3) is 3.67. The Kier molecular flexibility index (Phi) is 4.91. The van der Waals surface area contributed by atoms with Crippen LogP contribution in [0.3, 0.4) is 0 Å². The van der Waals surface area contributed by atoms with Crippen LogP contribution in [-0.2, 0) is 5.75 Å². The Morgan fingerprint density at radius 3 is 2.85 bits per heavy atom. The Balaban J connectivity index is 2.12.